The normalized spacial score (nSPS) is 16.8. The number of benzene rings is 2. The number of carbonyl (C=O) groups excluding carboxylic acids is 1. The number of alkyl halides is 3. The van der Waals surface area contributed by atoms with Gasteiger partial charge in [0.1, 0.15) is 6.04 Å². The van der Waals surface area contributed by atoms with Crippen LogP contribution < -0.4 is 10.9 Å². The largest absolute Gasteiger partial charge is 0.501 e. The molecule has 0 fully saturated rings. The quantitative estimate of drug-likeness (QED) is 0.519. The number of fused-ring (bicyclic) bond motifs is 1. The molecule has 0 saturated carbocycles. The molecular formula is C26H27F3N4O3. The Kier molecular flexibility index (Phi) is 6.79. The Morgan fingerprint density at radius 1 is 0.972 bits per heavy atom. The van der Waals surface area contributed by atoms with Gasteiger partial charge < -0.3 is 15.3 Å². The summed E-state index contributed by atoms with van der Waals surface area (Å²) in [5, 5.41) is 13.0. The summed E-state index contributed by atoms with van der Waals surface area (Å²) < 4.78 is 41.7. The fourth-order valence-corrected chi connectivity index (χ4v) is 4.59. The highest BCUT2D eigenvalue weighted by Crippen LogP contribution is 2.42. The van der Waals surface area contributed by atoms with E-state index in [0.717, 1.165) is 18.1 Å². The van der Waals surface area contributed by atoms with Crippen molar-refractivity contribution >= 4 is 11.9 Å². The van der Waals surface area contributed by atoms with Gasteiger partial charge in [0.15, 0.2) is 5.69 Å². The summed E-state index contributed by atoms with van der Waals surface area (Å²) in [5.41, 5.74) is 0.150. The number of nitrogens with one attached hydrogen (secondary N) is 1. The lowest BCUT2D eigenvalue weighted by molar-refractivity contribution is -0.138. The second-order valence-corrected chi connectivity index (χ2v) is 9.13. The summed E-state index contributed by atoms with van der Waals surface area (Å²) in [4.78, 5) is 31.2. The standard InChI is InChI=1S/C26H27F3N4O3/c1-15(2)32-14-19(20(17-10-6-4-7-11-17)18-12-8-5-9-13-18)33-21(24(32)36)22(34)23(35)31-25(33)30-16(3)26(27,28)29/h4-13,15-16,19-20,34H,14H2,1-3H3,(H,30,31,35)/t16?,19-/m1/s1. The lowest BCUT2D eigenvalue weighted by Crippen LogP contribution is -2.50. The highest BCUT2D eigenvalue weighted by atomic mass is 19.4. The van der Waals surface area contributed by atoms with Crippen LogP contribution in [-0.2, 0) is 0 Å². The lowest BCUT2D eigenvalue weighted by Gasteiger charge is -2.42. The lowest BCUT2D eigenvalue weighted by atomic mass is 9.83. The molecule has 1 amide bonds. The molecule has 10 heteroatoms. The van der Waals surface area contributed by atoms with Gasteiger partial charge >= 0.3 is 11.7 Å². The molecule has 2 atom stereocenters. The minimum absolute atomic E-state index is 0.122. The molecule has 190 valence electrons. The SMILES string of the molecule is CC(C)N1C[C@H](C(c2ccccc2)c2ccccc2)n2c(NC(C)C(F)(F)F)nc(=O)c(O)c2C1=O. The van der Waals surface area contributed by atoms with E-state index in [1.54, 1.807) is 13.8 Å². The number of nitrogens with zero attached hydrogens (tertiary/aromatic N) is 3. The van der Waals surface area contributed by atoms with Crippen molar-refractivity contribution in [2.75, 3.05) is 11.9 Å². The number of rotatable bonds is 6. The van der Waals surface area contributed by atoms with Crippen LogP contribution in [0, 0.1) is 0 Å². The smallest absolute Gasteiger partial charge is 0.408 e. The fraction of sp³-hybridized carbons (Fsp3) is 0.346. The summed E-state index contributed by atoms with van der Waals surface area (Å²) in [6.07, 6.45) is -4.63. The van der Waals surface area contributed by atoms with Crippen molar-refractivity contribution < 1.29 is 23.1 Å². The molecule has 3 aromatic rings. The molecule has 2 aromatic carbocycles. The molecule has 0 radical (unpaired) electrons. The van der Waals surface area contributed by atoms with E-state index in [-0.39, 0.29) is 18.3 Å². The monoisotopic (exact) mass is 500 g/mol. The van der Waals surface area contributed by atoms with Crippen molar-refractivity contribution in [1.29, 1.82) is 0 Å². The molecule has 1 aliphatic rings. The van der Waals surface area contributed by atoms with Gasteiger partial charge in [0.05, 0.1) is 6.04 Å². The van der Waals surface area contributed by atoms with Gasteiger partial charge in [0.25, 0.3) is 5.91 Å². The van der Waals surface area contributed by atoms with E-state index in [0.29, 0.717) is 0 Å². The number of amides is 1. The summed E-state index contributed by atoms with van der Waals surface area (Å²) >= 11 is 0. The van der Waals surface area contributed by atoms with Crippen LogP contribution in [0.4, 0.5) is 19.1 Å². The van der Waals surface area contributed by atoms with Crippen molar-refractivity contribution in [3.8, 4) is 5.75 Å². The van der Waals surface area contributed by atoms with Crippen LogP contribution in [0.15, 0.2) is 65.5 Å². The van der Waals surface area contributed by atoms with E-state index >= 15 is 0 Å². The predicted molar refractivity (Wildman–Crippen MR) is 129 cm³/mol. The highest BCUT2D eigenvalue weighted by Gasteiger charge is 2.43. The van der Waals surface area contributed by atoms with Crippen molar-refractivity contribution in [2.24, 2.45) is 0 Å². The van der Waals surface area contributed by atoms with Crippen LogP contribution in [-0.4, -0.2) is 50.3 Å². The number of aromatic nitrogens is 2. The van der Waals surface area contributed by atoms with Gasteiger partial charge in [-0.15, -0.1) is 0 Å². The first-order valence-corrected chi connectivity index (χ1v) is 11.6. The molecule has 0 aliphatic carbocycles. The predicted octanol–water partition coefficient (Wildman–Crippen LogP) is 4.55. The van der Waals surface area contributed by atoms with Gasteiger partial charge in [-0.2, -0.15) is 18.2 Å². The van der Waals surface area contributed by atoms with Gasteiger partial charge in [0.2, 0.25) is 11.7 Å². The summed E-state index contributed by atoms with van der Waals surface area (Å²) in [6.45, 7) is 4.62. The van der Waals surface area contributed by atoms with E-state index in [2.05, 4.69) is 10.3 Å². The molecule has 1 aliphatic heterocycles. The molecule has 2 N–H and O–H groups in total. The highest BCUT2D eigenvalue weighted by molar-refractivity contribution is 5.96. The zero-order valence-corrected chi connectivity index (χ0v) is 20.0. The van der Waals surface area contributed by atoms with Crippen molar-refractivity contribution in [2.45, 2.75) is 51.0 Å². The van der Waals surface area contributed by atoms with Crippen molar-refractivity contribution in [1.82, 2.24) is 14.5 Å². The third-order valence-electron chi connectivity index (χ3n) is 6.44. The first kappa shape index (κ1) is 25.3. The Labute approximate surface area is 206 Å². The van der Waals surface area contributed by atoms with Crippen LogP contribution in [0.25, 0.3) is 0 Å². The first-order chi connectivity index (χ1) is 17.0. The van der Waals surface area contributed by atoms with Gasteiger partial charge in [-0.1, -0.05) is 60.7 Å². The summed E-state index contributed by atoms with van der Waals surface area (Å²) in [7, 11) is 0. The third kappa shape index (κ3) is 4.67. The Balaban J connectivity index is 2.02. The molecule has 36 heavy (non-hydrogen) atoms. The Morgan fingerprint density at radius 2 is 1.50 bits per heavy atom. The van der Waals surface area contributed by atoms with Gasteiger partial charge in [-0.3, -0.25) is 14.2 Å². The Morgan fingerprint density at radius 3 is 1.97 bits per heavy atom. The molecule has 0 spiro atoms. The Bertz CT molecular complexity index is 1250. The number of halogens is 3. The van der Waals surface area contributed by atoms with Crippen molar-refractivity contribution in [3.05, 3.63) is 87.8 Å². The molecule has 0 saturated heterocycles. The zero-order chi connectivity index (χ0) is 26.2. The van der Waals surface area contributed by atoms with Gasteiger partial charge in [0, 0.05) is 18.5 Å². The minimum Gasteiger partial charge on any atom is -0.501 e. The molecule has 1 aromatic heterocycles. The van der Waals surface area contributed by atoms with E-state index < -0.39 is 47.3 Å². The molecule has 0 bridgehead atoms. The molecular weight excluding hydrogens is 473 g/mol. The average molecular weight is 501 g/mol. The average Bonchev–Trinajstić information content (AvgIpc) is 2.83. The topological polar surface area (TPSA) is 87.5 Å². The van der Waals surface area contributed by atoms with E-state index in [1.165, 1.54) is 9.47 Å². The minimum atomic E-state index is -4.63. The van der Waals surface area contributed by atoms with E-state index in [4.69, 9.17) is 0 Å². The molecule has 7 nitrogen and oxygen atoms in total. The number of hydrogen-bond donors (Lipinski definition) is 2. The van der Waals surface area contributed by atoms with Crippen LogP contribution in [0.3, 0.4) is 0 Å². The van der Waals surface area contributed by atoms with E-state index in [9.17, 15) is 27.9 Å². The van der Waals surface area contributed by atoms with Crippen molar-refractivity contribution in [3.63, 3.8) is 0 Å². The second kappa shape index (κ2) is 9.67. The number of carbonyl (C=O) groups is 1. The number of hydrogen-bond acceptors (Lipinski definition) is 5. The zero-order valence-electron chi connectivity index (χ0n) is 20.0. The maximum atomic E-state index is 13.5. The third-order valence-corrected chi connectivity index (χ3v) is 6.44. The van der Waals surface area contributed by atoms with Gasteiger partial charge in [-0.25, -0.2) is 0 Å². The molecule has 1 unspecified atom stereocenters. The summed E-state index contributed by atoms with van der Waals surface area (Å²) in [5.74, 6) is -2.40. The Hall–Kier alpha value is -3.82. The van der Waals surface area contributed by atoms with Crippen LogP contribution in [0.2, 0.25) is 0 Å². The number of aromatic hydroxyl groups is 1. The van der Waals surface area contributed by atoms with Gasteiger partial charge in [-0.05, 0) is 31.9 Å². The molecule has 2 heterocycles. The fourth-order valence-electron chi connectivity index (χ4n) is 4.59. The summed E-state index contributed by atoms with van der Waals surface area (Å²) in [6, 6.07) is 15.7. The van der Waals surface area contributed by atoms with Crippen LogP contribution in [0.1, 0.15) is 54.3 Å². The van der Waals surface area contributed by atoms with E-state index in [1.807, 2.05) is 60.7 Å². The maximum absolute atomic E-state index is 13.5. The maximum Gasteiger partial charge on any atom is 0.408 e. The van der Waals surface area contributed by atoms with Crippen LogP contribution >= 0.6 is 0 Å². The first-order valence-electron chi connectivity index (χ1n) is 11.6. The second-order valence-electron chi connectivity index (χ2n) is 9.13. The number of anilines is 1. The molecule has 4 rings (SSSR count). The van der Waals surface area contributed by atoms with Crippen LogP contribution in [0.5, 0.6) is 5.75 Å².